The van der Waals surface area contributed by atoms with Gasteiger partial charge in [0.15, 0.2) is 0 Å². The number of benzene rings is 1. The molecule has 88 valence electrons. The summed E-state index contributed by atoms with van der Waals surface area (Å²) in [6.07, 6.45) is 6.86. The first-order valence-corrected chi connectivity index (χ1v) is 6.71. The Bertz CT molecular complexity index is 524. The molecule has 0 unspecified atom stereocenters. The number of rotatable bonds is 1. The number of hydrogen-bond acceptors (Lipinski definition) is 1. The highest BCUT2D eigenvalue weighted by atomic mass is 14.7. The fourth-order valence-electron chi connectivity index (χ4n) is 3.01. The molecule has 1 aromatic heterocycles. The van der Waals surface area contributed by atoms with E-state index in [2.05, 4.69) is 37.3 Å². The van der Waals surface area contributed by atoms with E-state index in [-0.39, 0.29) is 0 Å². The van der Waals surface area contributed by atoms with Crippen LogP contribution in [-0.2, 0) is 0 Å². The van der Waals surface area contributed by atoms with Gasteiger partial charge in [-0.05, 0) is 37.3 Å². The van der Waals surface area contributed by atoms with Crippen molar-refractivity contribution >= 4 is 10.9 Å². The van der Waals surface area contributed by atoms with E-state index in [0.29, 0.717) is 0 Å². The molecule has 1 nitrogen and oxygen atoms in total. The summed E-state index contributed by atoms with van der Waals surface area (Å²) < 4.78 is 0. The van der Waals surface area contributed by atoms with Crippen LogP contribution < -0.4 is 0 Å². The van der Waals surface area contributed by atoms with Crippen molar-refractivity contribution in [2.75, 3.05) is 0 Å². The second kappa shape index (κ2) is 4.48. The maximum Gasteiger partial charge on any atom is 0.0739 e. The van der Waals surface area contributed by atoms with Gasteiger partial charge in [0.1, 0.15) is 0 Å². The van der Waals surface area contributed by atoms with Gasteiger partial charge in [0.2, 0.25) is 0 Å². The Morgan fingerprint density at radius 3 is 2.65 bits per heavy atom. The molecular weight excluding hydrogens is 206 g/mol. The van der Waals surface area contributed by atoms with E-state index in [1.807, 2.05) is 0 Å². The van der Waals surface area contributed by atoms with Crippen LogP contribution in [0.15, 0.2) is 30.3 Å². The molecular formula is C16H19N. The molecule has 17 heavy (non-hydrogen) atoms. The Balaban J connectivity index is 2.11. The minimum atomic E-state index is 0.738. The molecule has 0 N–H and O–H groups in total. The Kier molecular flexibility index (Phi) is 2.84. The van der Waals surface area contributed by atoms with Crippen LogP contribution in [0.3, 0.4) is 0 Å². The lowest BCUT2D eigenvalue weighted by molar-refractivity contribution is 0.445. The van der Waals surface area contributed by atoms with Gasteiger partial charge in [-0.2, -0.15) is 0 Å². The molecule has 3 rings (SSSR count). The highest BCUT2D eigenvalue weighted by Crippen LogP contribution is 2.35. The lowest BCUT2D eigenvalue weighted by Gasteiger charge is -2.23. The molecule has 1 fully saturated rings. The van der Waals surface area contributed by atoms with Crippen LogP contribution in [-0.4, -0.2) is 4.98 Å². The minimum absolute atomic E-state index is 0.738. The van der Waals surface area contributed by atoms with Crippen molar-refractivity contribution in [3.05, 3.63) is 41.6 Å². The van der Waals surface area contributed by atoms with Gasteiger partial charge in [-0.15, -0.1) is 0 Å². The molecule has 0 atom stereocenters. The van der Waals surface area contributed by atoms with Crippen LogP contribution in [0.1, 0.15) is 49.3 Å². The largest absolute Gasteiger partial charge is 0.253 e. The molecule has 0 radical (unpaired) electrons. The summed E-state index contributed by atoms with van der Waals surface area (Å²) in [5.74, 6) is 0.738. The number of aryl methyl sites for hydroxylation is 1. The second-order valence-electron chi connectivity index (χ2n) is 5.21. The molecule has 1 aliphatic rings. The third-order valence-electron chi connectivity index (χ3n) is 3.94. The average Bonchev–Trinajstić information content (AvgIpc) is 2.39. The molecule has 1 heteroatoms. The summed E-state index contributed by atoms with van der Waals surface area (Å²) in [6, 6.07) is 10.9. The van der Waals surface area contributed by atoms with Crippen LogP contribution in [0.2, 0.25) is 0 Å². The van der Waals surface area contributed by atoms with Gasteiger partial charge < -0.3 is 0 Å². The van der Waals surface area contributed by atoms with Gasteiger partial charge in [-0.1, -0.05) is 43.5 Å². The van der Waals surface area contributed by atoms with Crippen molar-refractivity contribution in [2.24, 2.45) is 0 Å². The van der Waals surface area contributed by atoms with Crippen molar-refractivity contribution in [3.63, 3.8) is 0 Å². The van der Waals surface area contributed by atoms with Gasteiger partial charge >= 0.3 is 0 Å². The highest BCUT2D eigenvalue weighted by molar-refractivity contribution is 5.82. The normalized spacial score (nSPS) is 17.5. The quantitative estimate of drug-likeness (QED) is 0.691. The maximum atomic E-state index is 4.75. The Hall–Kier alpha value is -1.37. The van der Waals surface area contributed by atoms with Crippen LogP contribution in [0.25, 0.3) is 10.9 Å². The maximum absolute atomic E-state index is 4.75. The molecule has 2 aromatic rings. The number of pyridine rings is 1. The van der Waals surface area contributed by atoms with E-state index in [0.717, 1.165) is 11.6 Å². The molecule has 1 aliphatic carbocycles. The van der Waals surface area contributed by atoms with E-state index >= 15 is 0 Å². The summed E-state index contributed by atoms with van der Waals surface area (Å²) in [4.78, 5) is 4.75. The van der Waals surface area contributed by atoms with E-state index in [9.17, 15) is 0 Å². The second-order valence-corrected chi connectivity index (χ2v) is 5.21. The molecule has 0 aliphatic heterocycles. The smallest absolute Gasteiger partial charge is 0.0739 e. The third-order valence-corrected chi connectivity index (χ3v) is 3.94. The molecule has 0 saturated heterocycles. The molecule has 0 amide bonds. The topological polar surface area (TPSA) is 12.9 Å². The number of fused-ring (bicyclic) bond motifs is 1. The molecule has 0 bridgehead atoms. The van der Waals surface area contributed by atoms with E-state index in [1.165, 1.54) is 48.6 Å². The Morgan fingerprint density at radius 1 is 1.00 bits per heavy atom. The first-order valence-electron chi connectivity index (χ1n) is 6.71. The summed E-state index contributed by atoms with van der Waals surface area (Å²) in [7, 11) is 0. The summed E-state index contributed by atoms with van der Waals surface area (Å²) in [6.45, 7) is 2.08. The summed E-state index contributed by atoms with van der Waals surface area (Å²) >= 11 is 0. The fraction of sp³-hybridized carbons (Fsp3) is 0.438. The minimum Gasteiger partial charge on any atom is -0.253 e. The molecule has 0 spiro atoms. The van der Waals surface area contributed by atoms with Gasteiger partial charge in [0, 0.05) is 11.1 Å². The van der Waals surface area contributed by atoms with Gasteiger partial charge in [0.25, 0.3) is 0 Å². The van der Waals surface area contributed by atoms with Crippen LogP contribution >= 0.6 is 0 Å². The zero-order valence-electron chi connectivity index (χ0n) is 10.4. The lowest BCUT2D eigenvalue weighted by Crippen LogP contribution is -2.05. The average molecular weight is 225 g/mol. The monoisotopic (exact) mass is 225 g/mol. The molecule has 1 saturated carbocycles. The first kappa shape index (κ1) is 10.8. The summed E-state index contributed by atoms with van der Waals surface area (Å²) in [5, 5.41) is 1.29. The van der Waals surface area contributed by atoms with Crippen molar-refractivity contribution in [1.29, 1.82) is 0 Å². The zero-order valence-corrected chi connectivity index (χ0v) is 10.4. The Labute approximate surface area is 103 Å². The van der Waals surface area contributed by atoms with Crippen molar-refractivity contribution < 1.29 is 0 Å². The molecule has 1 aromatic carbocycles. The zero-order chi connectivity index (χ0) is 11.7. The summed E-state index contributed by atoms with van der Waals surface area (Å²) in [5.41, 5.74) is 3.84. The van der Waals surface area contributed by atoms with E-state index in [1.54, 1.807) is 0 Å². The molecule has 1 heterocycles. The van der Waals surface area contributed by atoms with Crippen LogP contribution in [0.4, 0.5) is 0 Å². The van der Waals surface area contributed by atoms with Crippen molar-refractivity contribution in [2.45, 2.75) is 44.9 Å². The van der Waals surface area contributed by atoms with Gasteiger partial charge in [-0.25, -0.2) is 0 Å². The van der Waals surface area contributed by atoms with Crippen LogP contribution in [0, 0.1) is 6.92 Å². The SMILES string of the molecule is Cc1ccc2cccc(C3CCCCC3)c2n1. The lowest BCUT2D eigenvalue weighted by atomic mass is 9.83. The third kappa shape index (κ3) is 2.06. The van der Waals surface area contributed by atoms with E-state index < -0.39 is 0 Å². The van der Waals surface area contributed by atoms with E-state index in [4.69, 9.17) is 4.98 Å². The fourth-order valence-corrected chi connectivity index (χ4v) is 3.01. The predicted octanol–water partition coefficient (Wildman–Crippen LogP) is 4.59. The van der Waals surface area contributed by atoms with Gasteiger partial charge in [0.05, 0.1) is 5.52 Å². The predicted molar refractivity (Wildman–Crippen MR) is 72.3 cm³/mol. The number of aromatic nitrogens is 1. The standard InChI is InChI=1S/C16H19N/c1-12-10-11-14-8-5-9-15(16(14)17-12)13-6-3-2-4-7-13/h5,8-11,13H,2-4,6-7H2,1H3. The highest BCUT2D eigenvalue weighted by Gasteiger charge is 2.17. The number of nitrogens with zero attached hydrogens (tertiary/aromatic N) is 1. The number of para-hydroxylation sites is 1. The number of hydrogen-bond donors (Lipinski definition) is 0. The van der Waals surface area contributed by atoms with Gasteiger partial charge in [-0.3, -0.25) is 4.98 Å². The van der Waals surface area contributed by atoms with Crippen LogP contribution in [0.5, 0.6) is 0 Å². The Morgan fingerprint density at radius 2 is 1.82 bits per heavy atom. The van der Waals surface area contributed by atoms with Crippen molar-refractivity contribution in [3.8, 4) is 0 Å². The van der Waals surface area contributed by atoms with Crippen molar-refractivity contribution in [1.82, 2.24) is 4.98 Å². The first-order chi connectivity index (χ1) is 8.34.